The highest BCUT2D eigenvalue weighted by Gasteiger charge is 2.36. The van der Waals surface area contributed by atoms with Gasteiger partial charge in [-0.1, -0.05) is 19.1 Å². The van der Waals surface area contributed by atoms with Crippen LogP contribution in [0.5, 0.6) is 5.75 Å². The molecule has 1 aromatic carbocycles. The average Bonchev–Trinajstić information content (AvgIpc) is 3.00. The molecule has 98 valence electrons. The third kappa shape index (κ3) is 2.39. The number of hydrogen-bond acceptors (Lipinski definition) is 2. The third-order valence-corrected chi connectivity index (χ3v) is 4.50. The summed E-state index contributed by atoms with van der Waals surface area (Å²) in [6.07, 6.45) is 6.58. The van der Waals surface area contributed by atoms with Gasteiger partial charge in [0, 0.05) is 12.1 Å². The molecule has 0 bridgehead atoms. The summed E-state index contributed by atoms with van der Waals surface area (Å²) in [5, 5.41) is 0. The summed E-state index contributed by atoms with van der Waals surface area (Å²) in [6, 6.07) is 10.1. The van der Waals surface area contributed by atoms with Gasteiger partial charge < -0.3 is 4.74 Å². The second-order valence-electron chi connectivity index (χ2n) is 5.57. The molecule has 2 aliphatic rings. The van der Waals surface area contributed by atoms with E-state index in [0.717, 1.165) is 24.8 Å². The van der Waals surface area contributed by atoms with E-state index < -0.39 is 0 Å². The van der Waals surface area contributed by atoms with Crippen LogP contribution in [0.1, 0.15) is 38.2 Å². The van der Waals surface area contributed by atoms with E-state index in [1.165, 1.54) is 37.8 Å². The summed E-state index contributed by atoms with van der Waals surface area (Å²) in [6.45, 7) is 4.33. The maximum atomic E-state index is 5.96. The summed E-state index contributed by atoms with van der Waals surface area (Å²) >= 11 is 0. The Kier molecular flexibility index (Phi) is 3.55. The smallest absolute Gasteiger partial charge is 0.119 e. The number of rotatable bonds is 4. The zero-order valence-corrected chi connectivity index (χ0v) is 11.3. The topological polar surface area (TPSA) is 12.5 Å². The van der Waals surface area contributed by atoms with Crippen LogP contribution in [-0.4, -0.2) is 30.1 Å². The molecule has 18 heavy (non-hydrogen) atoms. The molecule has 2 heteroatoms. The highest BCUT2D eigenvalue weighted by atomic mass is 16.5. The molecule has 2 heterocycles. The molecular weight excluding hydrogens is 222 g/mol. The van der Waals surface area contributed by atoms with Crippen molar-refractivity contribution in [1.82, 2.24) is 4.90 Å². The first-order chi connectivity index (χ1) is 8.86. The Morgan fingerprint density at radius 2 is 2.00 bits per heavy atom. The first kappa shape index (κ1) is 12.0. The van der Waals surface area contributed by atoms with Crippen molar-refractivity contribution in [3.63, 3.8) is 0 Å². The Bertz CT molecular complexity index is 387. The van der Waals surface area contributed by atoms with Crippen molar-refractivity contribution < 1.29 is 4.74 Å². The molecule has 2 saturated heterocycles. The van der Waals surface area contributed by atoms with Gasteiger partial charge in [0.1, 0.15) is 12.4 Å². The SMILES string of the molecule is CCc1ccc(OCC2CCC3CCCN32)cc1. The predicted octanol–water partition coefficient (Wildman–Crippen LogP) is 3.25. The van der Waals surface area contributed by atoms with Gasteiger partial charge in [-0.05, 0) is 56.3 Å². The van der Waals surface area contributed by atoms with Crippen LogP contribution in [0.4, 0.5) is 0 Å². The molecule has 2 nitrogen and oxygen atoms in total. The van der Waals surface area contributed by atoms with Crippen molar-refractivity contribution in [3.8, 4) is 5.75 Å². The highest BCUT2D eigenvalue weighted by Crippen LogP contribution is 2.32. The Morgan fingerprint density at radius 3 is 2.78 bits per heavy atom. The Balaban J connectivity index is 1.54. The molecule has 0 radical (unpaired) electrons. The van der Waals surface area contributed by atoms with Crippen LogP contribution < -0.4 is 4.74 Å². The maximum absolute atomic E-state index is 5.96. The van der Waals surface area contributed by atoms with E-state index in [0.29, 0.717) is 6.04 Å². The molecule has 3 rings (SSSR count). The van der Waals surface area contributed by atoms with Crippen LogP contribution in [0.2, 0.25) is 0 Å². The molecule has 2 fully saturated rings. The quantitative estimate of drug-likeness (QED) is 0.807. The molecule has 2 atom stereocenters. The van der Waals surface area contributed by atoms with E-state index >= 15 is 0 Å². The first-order valence-electron chi connectivity index (χ1n) is 7.34. The average molecular weight is 245 g/mol. The summed E-state index contributed by atoms with van der Waals surface area (Å²) in [7, 11) is 0. The summed E-state index contributed by atoms with van der Waals surface area (Å²) in [4.78, 5) is 2.67. The lowest BCUT2D eigenvalue weighted by molar-refractivity contribution is 0.169. The van der Waals surface area contributed by atoms with Gasteiger partial charge in [-0.15, -0.1) is 0 Å². The zero-order valence-electron chi connectivity index (χ0n) is 11.3. The number of nitrogens with zero attached hydrogens (tertiary/aromatic N) is 1. The van der Waals surface area contributed by atoms with Gasteiger partial charge in [-0.2, -0.15) is 0 Å². The Morgan fingerprint density at radius 1 is 1.17 bits per heavy atom. The first-order valence-corrected chi connectivity index (χ1v) is 7.34. The lowest BCUT2D eigenvalue weighted by atomic mass is 10.1. The lowest BCUT2D eigenvalue weighted by Crippen LogP contribution is -2.35. The Hall–Kier alpha value is -1.02. The van der Waals surface area contributed by atoms with E-state index in [4.69, 9.17) is 4.74 Å². The third-order valence-electron chi connectivity index (χ3n) is 4.50. The van der Waals surface area contributed by atoms with Gasteiger partial charge >= 0.3 is 0 Å². The molecule has 0 aromatic heterocycles. The van der Waals surface area contributed by atoms with Gasteiger partial charge in [0.25, 0.3) is 0 Å². The van der Waals surface area contributed by atoms with E-state index in [2.05, 4.69) is 36.1 Å². The number of benzene rings is 1. The molecule has 2 unspecified atom stereocenters. The van der Waals surface area contributed by atoms with Crippen molar-refractivity contribution in [1.29, 1.82) is 0 Å². The van der Waals surface area contributed by atoms with Crippen molar-refractivity contribution in [2.75, 3.05) is 13.2 Å². The van der Waals surface area contributed by atoms with Crippen LogP contribution in [0, 0.1) is 0 Å². The monoisotopic (exact) mass is 245 g/mol. The minimum absolute atomic E-state index is 0.656. The number of ether oxygens (including phenoxy) is 1. The number of fused-ring (bicyclic) bond motifs is 1. The fourth-order valence-electron chi connectivity index (χ4n) is 3.39. The van der Waals surface area contributed by atoms with E-state index in [-0.39, 0.29) is 0 Å². The number of aryl methyl sites for hydroxylation is 1. The van der Waals surface area contributed by atoms with Crippen LogP contribution in [0.3, 0.4) is 0 Å². The van der Waals surface area contributed by atoms with Crippen LogP contribution >= 0.6 is 0 Å². The van der Waals surface area contributed by atoms with E-state index in [1.54, 1.807) is 0 Å². The van der Waals surface area contributed by atoms with Gasteiger partial charge in [0.05, 0.1) is 0 Å². The minimum Gasteiger partial charge on any atom is -0.492 e. The molecule has 0 aliphatic carbocycles. The fourth-order valence-corrected chi connectivity index (χ4v) is 3.39. The Labute approximate surface area is 110 Å². The van der Waals surface area contributed by atoms with Crippen LogP contribution in [-0.2, 0) is 6.42 Å². The van der Waals surface area contributed by atoms with Crippen LogP contribution in [0.25, 0.3) is 0 Å². The molecular formula is C16H23NO. The molecule has 0 spiro atoms. The predicted molar refractivity (Wildman–Crippen MR) is 74.1 cm³/mol. The van der Waals surface area contributed by atoms with Crippen molar-refractivity contribution in [2.24, 2.45) is 0 Å². The molecule has 0 saturated carbocycles. The van der Waals surface area contributed by atoms with Crippen LogP contribution in [0.15, 0.2) is 24.3 Å². The van der Waals surface area contributed by atoms with Crippen molar-refractivity contribution >= 4 is 0 Å². The van der Waals surface area contributed by atoms with E-state index in [1.807, 2.05) is 0 Å². The zero-order chi connectivity index (χ0) is 12.4. The summed E-state index contributed by atoms with van der Waals surface area (Å²) < 4.78 is 5.96. The van der Waals surface area contributed by atoms with E-state index in [9.17, 15) is 0 Å². The lowest BCUT2D eigenvalue weighted by Gasteiger charge is -2.23. The summed E-state index contributed by atoms with van der Waals surface area (Å²) in [5.41, 5.74) is 1.38. The van der Waals surface area contributed by atoms with Crippen molar-refractivity contribution in [2.45, 2.75) is 51.1 Å². The van der Waals surface area contributed by atoms with Gasteiger partial charge in [0.15, 0.2) is 0 Å². The molecule has 1 aromatic rings. The summed E-state index contributed by atoms with van der Waals surface area (Å²) in [5.74, 6) is 1.02. The standard InChI is InChI=1S/C16H23NO/c1-2-13-5-9-16(10-6-13)18-12-15-8-7-14-4-3-11-17(14)15/h5-6,9-10,14-15H,2-4,7-8,11-12H2,1H3. The number of hydrogen-bond donors (Lipinski definition) is 0. The highest BCUT2D eigenvalue weighted by molar-refractivity contribution is 5.27. The van der Waals surface area contributed by atoms with Gasteiger partial charge in [-0.25, -0.2) is 0 Å². The second kappa shape index (κ2) is 5.31. The van der Waals surface area contributed by atoms with Crippen molar-refractivity contribution in [3.05, 3.63) is 29.8 Å². The molecule has 0 amide bonds. The van der Waals surface area contributed by atoms with Gasteiger partial charge in [0.2, 0.25) is 0 Å². The molecule has 0 N–H and O–H groups in total. The molecule has 2 aliphatic heterocycles. The largest absolute Gasteiger partial charge is 0.492 e. The maximum Gasteiger partial charge on any atom is 0.119 e. The second-order valence-corrected chi connectivity index (χ2v) is 5.57. The fraction of sp³-hybridized carbons (Fsp3) is 0.625. The minimum atomic E-state index is 0.656. The van der Waals surface area contributed by atoms with Gasteiger partial charge in [-0.3, -0.25) is 4.90 Å². The normalized spacial score (nSPS) is 27.4.